The fourth-order valence-electron chi connectivity index (χ4n) is 1.50. The van der Waals surface area contributed by atoms with Gasteiger partial charge >= 0.3 is 0 Å². The zero-order valence-electron chi connectivity index (χ0n) is 10.5. The zero-order valence-corrected chi connectivity index (χ0v) is 10.5. The van der Waals surface area contributed by atoms with E-state index in [0.29, 0.717) is 0 Å². The summed E-state index contributed by atoms with van der Waals surface area (Å²) >= 11 is 0. The lowest BCUT2D eigenvalue weighted by atomic mass is 10.3. The Hall–Kier alpha value is -2.36. The zero-order chi connectivity index (χ0) is 12.8. The molecule has 2 aromatic rings. The van der Waals surface area contributed by atoms with E-state index < -0.39 is 0 Å². The van der Waals surface area contributed by atoms with Gasteiger partial charge in [0.15, 0.2) is 12.4 Å². The molecule has 0 aliphatic carbocycles. The number of anilines is 1. The summed E-state index contributed by atoms with van der Waals surface area (Å²) < 4.78 is 5.12. The molecule has 1 aromatic carbocycles. The topological polar surface area (TPSA) is 39.0 Å². The van der Waals surface area contributed by atoms with Crippen LogP contribution < -0.4 is 14.7 Å². The Bertz CT molecular complexity index is 508. The molecule has 0 saturated heterocycles. The van der Waals surface area contributed by atoms with Crippen molar-refractivity contribution < 1.29 is 9.72 Å². The van der Waals surface area contributed by atoms with E-state index in [1.54, 1.807) is 7.11 Å². The van der Waals surface area contributed by atoms with Crippen molar-refractivity contribution in [2.45, 2.75) is 0 Å². The fraction of sp³-hybridized carbons (Fsp3) is 0.143. The number of benzene rings is 1. The van der Waals surface area contributed by atoms with Crippen molar-refractivity contribution >= 4 is 11.9 Å². The summed E-state index contributed by atoms with van der Waals surface area (Å²) in [5, 5.41) is 6.19. The summed E-state index contributed by atoms with van der Waals surface area (Å²) in [5.74, 6) is 0.842. The number of hydrazone groups is 1. The molecule has 2 rings (SSSR count). The Balaban J connectivity index is 2.07. The maximum atomic E-state index is 5.12. The number of aromatic nitrogens is 1. The standard InChI is InChI=1S/C14H15N3O/c1-17(13-3-5-14(18-2)6-4-13)16-11-12-7-9-15-10-8-12/h3-11H,1-2H3/p+1/b16-11+. The van der Waals surface area contributed by atoms with E-state index in [1.807, 2.05) is 67.1 Å². The van der Waals surface area contributed by atoms with E-state index in [1.165, 1.54) is 0 Å². The molecule has 0 amide bonds. The highest BCUT2D eigenvalue weighted by Gasteiger charge is 1.98. The molecule has 0 spiro atoms. The van der Waals surface area contributed by atoms with Crippen LogP contribution in [-0.2, 0) is 0 Å². The minimum absolute atomic E-state index is 0.842. The fourth-order valence-corrected chi connectivity index (χ4v) is 1.50. The minimum atomic E-state index is 0.842. The van der Waals surface area contributed by atoms with Gasteiger partial charge < -0.3 is 4.74 Å². The normalized spacial score (nSPS) is 10.6. The quantitative estimate of drug-likeness (QED) is 0.607. The van der Waals surface area contributed by atoms with Crippen LogP contribution in [0.5, 0.6) is 5.75 Å². The maximum Gasteiger partial charge on any atom is 0.167 e. The average molecular weight is 242 g/mol. The van der Waals surface area contributed by atoms with E-state index in [9.17, 15) is 0 Å². The van der Waals surface area contributed by atoms with E-state index in [2.05, 4.69) is 10.1 Å². The molecule has 1 aromatic heterocycles. The molecule has 0 aliphatic rings. The monoisotopic (exact) mass is 242 g/mol. The summed E-state index contributed by atoms with van der Waals surface area (Å²) in [6.07, 6.45) is 5.56. The molecule has 4 nitrogen and oxygen atoms in total. The van der Waals surface area contributed by atoms with Crippen LogP contribution >= 0.6 is 0 Å². The van der Waals surface area contributed by atoms with Crippen molar-refractivity contribution in [2.75, 3.05) is 19.2 Å². The van der Waals surface area contributed by atoms with Crippen LogP contribution in [0.15, 0.2) is 53.9 Å². The summed E-state index contributed by atoms with van der Waals surface area (Å²) in [7, 11) is 3.57. The number of aromatic amines is 1. The van der Waals surface area contributed by atoms with Gasteiger partial charge in [0, 0.05) is 24.7 Å². The van der Waals surface area contributed by atoms with Crippen molar-refractivity contribution in [3.63, 3.8) is 0 Å². The Labute approximate surface area is 107 Å². The SMILES string of the molecule is COc1ccc(N(C)/N=C/c2cc[nH+]cc2)cc1. The number of rotatable bonds is 4. The highest BCUT2D eigenvalue weighted by molar-refractivity contribution is 5.79. The summed E-state index contributed by atoms with van der Waals surface area (Å²) in [5.41, 5.74) is 2.06. The second kappa shape index (κ2) is 5.82. The molecule has 1 heterocycles. The van der Waals surface area contributed by atoms with Crippen molar-refractivity contribution in [1.29, 1.82) is 0 Å². The van der Waals surface area contributed by atoms with E-state index in [4.69, 9.17) is 4.74 Å². The summed E-state index contributed by atoms with van der Waals surface area (Å²) in [6, 6.07) is 11.7. The Morgan fingerprint density at radius 3 is 2.39 bits per heavy atom. The molecule has 1 N–H and O–H groups in total. The average Bonchev–Trinajstić information content (AvgIpc) is 2.46. The van der Waals surface area contributed by atoms with E-state index in [0.717, 1.165) is 17.0 Å². The third-order valence-corrected chi connectivity index (χ3v) is 2.57. The molecule has 4 heteroatoms. The van der Waals surface area contributed by atoms with Crippen LogP contribution in [0.25, 0.3) is 0 Å². The number of hydrogen-bond acceptors (Lipinski definition) is 3. The third-order valence-electron chi connectivity index (χ3n) is 2.57. The predicted molar refractivity (Wildman–Crippen MR) is 72.0 cm³/mol. The Morgan fingerprint density at radius 2 is 1.78 bits per heavy atom. The van der Waals surface area contributed by atoms with Gasteiger partial charge in [-0.3, -0.25) is 5.01 Å². The molecule has 0 saturated carbocycles. The number of hydrogen-bond donors (Lipinski definition) is 0. The number of nitrogens with zero attached hydrogens (tertiary/aromatic N) is 2. The van der Waals surface area contributed by atoms with Crippen molar-refractivity contribution in [3.8, 4) is 5.75 Å². The molecule has 0 aliphatic heterocycles. The van der Waals surface area contributed by atoms with Crippen LogP contribution in [0.3, 0.4) is 0 Å². The van der Waals surface area contributed by atoms with Crippen molar-refractivity contribution in [1.82, 2.24) is 0 Å². The number of H-pyrrole nitrogens is 1. The first-order valence-corrected chi connectivity index (χ1v) is 5.67. The summed E-state index contributed by atoms with van der Waals surface area (Å²) in [6.45, 7) is 0. The minimum Gasteiger partial charge on any atom is -0.497 e. The first kappa shape index (κ1) is 12.1. The maximum absolute atomic E-state index is 5.12. The van der Waals surface area contributed by atoms with Gasteiger partial charge in [-0.15, -0.1) is 0 Å². The third kappa shape index (κ3) is 3.07. The second-order valence-corrected chi connectivity index (χ2v) is 3.80. The Kier molecular flexibility index (Phi) is 3.91. The largest absolute Gasteiger partial charge is 0.497 e. The van der Waals surface area contributed by atoms with Gasteiger partial charge in [0.2, 0.25) is 0 Å². The van der Waals surface area contributed by atoms with Gasteiger partial charge in [-0.05, 0) is 24.3 Å². The van der Waals surface area contributed by atoms with E-state index >= 15 is 0 Å². The molecular weight excluding hydrogens is 226 g/mol. The number of methoxy groups -OCH3 is 1. The Morgan fingerprint density at radius 1 is 1.11 bits per heavy atom. The van der Waals surface area contributed by atoms with Gasteiger partial charge in [-0.25, -0.2) is 4.98 Å². The first-order valence-electron chi connectivity index (χ1n) is 5.67. The molecule has 0 bridgehead atoms. The molecular formula is C14H16N3O+. The second-order valence-electron chi connectivity index (χ2n) is 3.80. The van der Waals surface area contributed by atoms with Gasteiger partial charge in [0.05, 0.1) is 19.0 Å². The first-order chi connectivity index (χ1) is 8.79. The molecule has 0 radical (unpaired) electrons. The van der Waals surface area contributed by atoms with Crippen LogP contribution in [0.2, 0.25) is 0 Å². The molecule has 0 unspecified atom stereocenters. The molecule has 0 atom stereocenters. The lowest BCUT2D eigenvalue weighted by Gasteiger charge is -2.12. The number of pyridine rings is 1. The molecule has 0 fully saturated rings. The number of nitrogens with one attached hydrogen (secondary N) is 1. The van der Waals surface area contributed by atoms with Crippen molar-refractivity contribution in [2.24, 2.45) is 5.10 Å². The molecule has 92 valence electrons. The van der Waals surface area contributed by atoms with Gasteiger partial charge in [-0.2, -0.15) is 5.10 Å². The van der Waals surface area contributed by atoms with Gasteiger partial charge in [0.25, 0.3) is 0 Å². The highest BCUT2D eigenvalue weighted by atomic mass is 16.5. The van der Waals surface area contributed by atoms with Crippen LogP contribution in [0.4, 0.5) is 5.69 Å². The van der Waals surface area contributed by atoms with Gasteiger partial charge in [0.1, 0.15) is 5.75 Å². The smallest absolute Gasteiger partial charge is 0.167 e. The lowest BCUT2D eigenvalue weighted by Crippen LogP contribution is -2.09. The van der Waals surface area contributed by atoms with Crippen molar-refractivity contribution in [3.05, 3.63) is 54.4 Å². The van der Waals surface area contributed by atoms with Gasteiger partial charge in [-0.1, -0.05) is 0 Å². The number of ether oxygens (including phenoxy) is 1. The summed E-state index contributed by atoms with van der Waals surface area (Å²) in [4.78, 5) is 2.98. The predicted octanol–water partition coefficient (Wildman–Crippen LogP) is 1.98. The highest BCUT2D eigenvalue weighted by Crippen LogP contribution is 2.18. The van der Waals surface area contributed by atoms with Crippen LogP contribution in [-0.4, -0.2) is 20.4 Å². The van der Waals surface area contributed by atoms with Crippen LogP contribution in [0.1, 0.15) is 5.56 Å². The lowest BCUT2D eigenvalue weighted by molar-refractivity contribution is -0.378. The molecule has 18 heavy (non-hydrogen) atoms. The van der Waals surface area contributed by atoms with E-state index in [-0.39, 0.29) is 0 Å². The van der Waals surface area contributed by atoms with Crippen LogP contribution in [0, 0.1) is 0 Å².